The second-order valence-electron chi connectivity index (χ2n) is 0. The summed E-state index contributed by atoms with van der Waals surface area (Å²) in [5, 5.41) is 0. The summed E-state index contributed by atoms with van der Waals surface area (Å²) in [6, 6.07) is 0. The summed E-state index contributed by atoms with van der Waals surface area (Å²) in [6.07, 6.45) is 0. The third-order valence-electron chi connectivity index (χ3n) is 0. The molecule has 0 saturated heterocycles. The number of hydrogen-bond acceptors (Lipinski definition) is 0. The van der Waals surface area contributed by atoms with E-state index in [-0.39, 0.29) is 140 Å². The van der Waals surface area contributed by atoms with Gasteiger partial charge in [-0.2, -0.15) is 0 Å². The predicted molar refractivity (Wildman–Crippen MR) is 34.2 cm³/mol. The molecule has 5 heteroatoms. The Hall–Kier alpha value is 4.35. The summed E-state index contributed by atoms with van der Waals surface area (Å²) in [4.78, 5) is 0. The maximum Gasteiger partial charge on any atom is 0.316 e. The molecule has 0 aromatic heterocycles. The van der Waals surface area contributed by atoms with Crippen LogP contribution in [0.5, 0.6) is 0 Å². The summed E-state index contributed by atoms with van der Waals surface area (Å²) in [5.41, 5.74) is 0. The van der Waals surface area contributed by atoms with E-state index in [4.69, 9.17) is 0 Å². The van der Waals surface area contributed by atoms with Crippen LogP contribution >= 0.6 is 0 Å². The first-order valence-electron chi connectivity index (χ1n) is 0. The van der Waals surface area contributed by atoms with Crippen molar-refractivity contribution in [3.8, 4) is 0 Å². The Morgan fingerprint density at radius 3 is 1.00 bits per heavy atom. The summed E-state index contributed by atoms with van der Waals surface area (Å²) < 4.78 is 0. The van der Waals surface area contributed by atoms with Gasteiger partial charge in [0.2, 0.25) is 0 Å². The van der Waals surface area contributed by atoms with Gasteiger partial charge in [0, 0.05) is 19.5 Å². The molecule has 0 aromatic rings. The second kappa shape index (κ2) is 23.8. The van der Waals surface area contributed by atoms with Crippen molar-refractivity contribution in [3.63, 3.8) is 0 Å². The first-order chi connectivity index (χ1) is 0. The fourth-order valence-electron chi connectivity index (χ4n) is 0. The molecule has 0 aliphatic heterocycles. The van der Waals surface area contributed by atoms with Crippen LogP contribution in [0.3, 0.4) is 0 Å². The van der Waals surface area contributed by atoms with Crippen LogP contribution in [-0.2, 0) is 19.5 Å². The Bertz CT molecular complexity index is 11.6. The van der Waals surface area contributed by atoms with Crippen molar-refractivity contribution in [3.05, 3.63) is 0 Å². The van der Waals surface area contributed by atoms with Crippen LogP contribution in [0.4, 0.5) is 0 Å². The molecule has 0 N–H and O–H groups in total. The van der Waals surface area contributed by atoms with Crippen molar-refractivity contribution in [1.29, 1.82) is 0 Å². The van der Waals surface area contributed by atoms with E-state index in [1.165, 1.54) is 0 Å². The normalized spacial score (nSPS) is 0. The zero-order valence-corrected chi connectivity index (χ0v) is 3.67. The molecule has 0 aliphatic rings. The van der Waals surface area contributed by atoms with Crippen molar-refractivity contribution < 1.29 is 19.5 Å². The number of hydrogen-bond donors (Lipinski definition) is 0. The van der Waals surface area contributed by atoms with E-state index in [0.29, 0.717) is 0 Å². The van der Waals surface area contributed by atoms with Crippen LogP contribution in [-0.4, -0.2) is 121 Å². The molecule has 5 heavy (non-hydrogen) atoms. The molecule has 0 amide bonds. The van der Waals surface area contributed by atoms with Crippen molar-refractivity contribution in [1.82, 2.24) is 0 Å². The molecular weight excluding hydrogens is 180 g/mol. The molecule has 18 valence electrons. The van der Waals surface area contributed by atoms with E-state index in [0.717, 1.165) is 0 Å². The van der Waals surface area contributed by atoms with Crippen LogP contribution in [0.1, 0.15) is 0 Å². The van der Waals surface area contributed by atoms with Gasteiger partial charge in [-0.05, 0) is 0 Å². The van der Waals surface area contributed by atoms with Gasteiger partial charge in [-0.1, -0.05) is 0 Å². The molecule has 0 saturated carbocycles. The minimum atomic E-state index is 0. The Balaban J connectivity index is 0. The van der Waals surface area contributed by atoms with E-state index in [1.54, 1.807) is 0 Å². The van der Waals surface area contributed by atoms with E-state index < -0.39 is 0 Å². The van der Waals surface area contributed by atoms with Crippen LogP contribution in [0, 0.1) is 0 Å². The van der Waals surface area contributed by atoms with Gasteiger partial charge in [-0.15, -0.1) is 0 Å². The maximum absolute atomic E-state index is 0. The van der Waals surface area contributed by atoms with Crippen molar-refractivity contribution in [2.24, 2.45) is 0 Å². The van der Waals surface area contributed by atoms with Crippen molar-refractivity contribution in [2.45, 2.75) is 0 Å². The van der Waals surface area contributed by atoms with Crippen LogP contribution < -0.4 is 0 Å². The molecule has 0 fully saturated rings. The SMILES string of the molecule is B.[CaH2].[KH].[MgH2].[Zn]. The third-order valence-corrected chi connectivity index (χ3v) is 0. The van der Waals surface area contributed by atoms with E-state index in [1.807, 2.05) is 0 Å². The Morgan fingerprint density at radius 1 is 1.00 bits per heavy atom. The Kier molecular flexibility index (Phi) is 164. The maximum atomic E-state index is 0. The largest absolute Gasteiger partial charge is 0.316 e. The Labute approximate surface area is 136 Å². The molecule has 0 aromatic carbocycles. The van der Waals surface area contributed by atoms with Gasteiger partial charge in [0.05, 0.1) is 8.41 Å². The second-order valence-corrected chi connectivity index (χ2v) is 0. The minimum absolute atomic E-state index is 0. The fourth-order valence-corrected chi connectivity index (χ4v) is 0. The summed E-state index contributed by atoms with van der Waals surface area (Å²) in [5.74, 6) is 0. The quantitative estimate of drug-likeness (QED) is 0.343. The molecule has 0 nitrogen and oxygen atoms in total. The van der Waals surface area contributed by atoms with Crippen LogP contribution in [0.2, 0.25) is 0 Å². The average molecular weight is 188 g/mol. The van der Waals surface area contributed by atoms with Crippen LogP contribution in [0.25, 0.3) is 0 Å². The smallest absolute Gasteiger partial charge is 0 e. The molecule has 0 radical (unpaired) electrons. The summed E-state index contributed by atoms with van der Waals surface area (Å²) in [6.45, 7) is 0. The molecule has 0 bridgehead atoms. The van der Waals surface area contributed by atoms with Crippen LogP contribution in [0.15, 0.2) is 0 Å². The molecule has 0 spiro atoms. The van der Waals surface area contributed by atoms with Gasteiger partial charge in [-0.3, -0.25) is 0 Å². The molecule has 0 rings (SSSR count). The zero-order valence-electron chi connectivity index (χ0n) is 0.707. The van der Waals surface area contributed by atoms with Gasteiger partial charge < -0.3 is 0 Å². The molecule has 0 aliphatic carbocycles. The first kappa shape index (κ1) is 34.4. The Morgan fingerprint density at radius 2 is 1.00 bits per heavy atom. The zero-order chi connectivity index (χ0) is 0. The van der Waals surface area contributed by atoms with Gasteiger partial charge >= 0.3 is 112 Å². The topological polar surface area (TPSA) is 0 Å². The fraction of sp³-hybridized carbons (Fsp3) is 0. The number of rotatable bonds is 0. The first-order valence-corrected chi connectivity index (χ1v) is 0. The average Bonchev–Trinajstić information content (AvgIpc) is 0. The molecule has 0 atom stereocenters. The van der Waals surface area contributed by atoms with Gasteiger partial charge in [0.15, 0.2) is 0 Å². The van der Waals surface area contributed by atoms with Gasteiger partial charge in [0.25, 0.3) is 0 Å². The molecule has 0 heterocycles. The van der Waals surface area contributed by atoms with Gasteiger partial charge in [-0.25, -0.2) is 0 Å². The van der Waals surface area contributed by atoms with E-state index >= 15 is 0 Å². The van der Waals surface area contributed by atoms with Crippen molar-refractivity contribution in [2.75, 3.05) is 0 Å². The molecular formula is H8BCaKMgZn. The molecule has 0 unspecified atom stereocenters. The third kappa shape index (κ3) is 17.8. The summed E-state index contributed by atoms with van der Waals surface area (Å²) in [7, 11) is 0. The van der Waals surface area contributed by atoms with E-state index in [2.05, 4.69) is 0 Å². The standard InChI is InChI=1S/BH3.Ca.K.Mg.Zn.5H/h1H3;;;;;;;;;. The van der Waals surface area contributed by atoms with Crippen molar-refractivity contribution >= 4 is 121 Å². The monoisotopic (exact) mass is 186 g/mol. The minimum Gasteiger partial charge on any atom is 0 e. The van der Waals surface area contributed by atoms with Gasteiger partial charge in [0.1, 0.15) is 0 Å². The predicted octanol–water partition coefficient (Wildman–Crippen LogP) is -3.67. The van der Waals surface area contributed by atoms with E-state index in [9.17, 15) is 0 Å². The summed E-state index contributed by atoms with van der Waals surface area (Å²) >= 11 is 0.